The van der Waals surface area contributed by atoms with Crippen LogP contribution in [0, 0.1) is 0 Å². The minimum Gasteiger partial charge on any atom is -0.394 e. The summed E-state index contributed by atoms with van der Waals surface area (Å²) in [5.41, 5.74) is 0. The molecule has 13 heavy (non-hydrogen) atoms. The van der Waals surface area contributed by atoms with Crippen molar-refractivity contribution in [3.05, 3.63) is 0 Å². The van der Waals surface area contributed by atoms with Gasteiger partial charge in [0.25, 0.3) is 0 Å². The number of alkyl halides is 5. The molecule has 0 aromatic carbocycles. The lowest BCUT2D eigenvalue weighted by Crippen LogP contribution is -2.40. The van der Waals surface area contributed by atoms with Gasteiger partial charge < -0.3 is 9.53 Å². The van der Waals surface area contributed by atoms with Crippen LogP contribution in [-0.4, -0.2) is 24.5 Å². The monoisotopic (exact) mass is 206 g/mol. The molecule has 0 aromatic rings. The number of rotatable bonds is 3. The van der Waals surface area contributed by atoms with E-state index in [2.05, 4.69) is 4.74 Å². The molecule has 0 spiro atoms. The van der Waals surface area contributed by atoms with Gasteiger partial charge in [-0.25, -0.2) is 0 Å². The van der Waals surface area contributed by atoms with Crippen LogP contribution in [0.2, 0.25) is 0 Å². The van der Waals surface area contributed by atoms with Crippen molar-refractivity contribution in [1.29, 1.82) is 0 Å². The second-order valence-electron chi connectivity index (χ2n) is 1.86. The predicted molar refractivity (Wildman–Crippen MR) is 27.8 cm³/mol. The van der Waals surface area contributed by atoms with Crippen LogP contribution in [0.25, 0.3) is 0 Å². The van der Waals surface area contributed by atoms with Crippen molar-refractivity contribution in [2.75, 3.05) is 0 Å². The second-order valence-corrected chi connectivity index (χ2v) is 1.86. The van der Waals surface area contributed by atoms with E-state index in [9.17, 15) is 31.5 Å². The maximum atomic E-state index is 11.8. The quantitative estimate of drug-likeness (QED) is 0.302. The average molecular weight is 206 g/mol. The normalized spacial score (nSPS) is 12.4. The lowest BCUT2D eigenvalue weighted by Gasteiger charge is -2.18. The van der Waals surface area contributed by atoms with Crippen molar-refractivity contribution < 1.29 is 36.3 Å². The zero-order valence-electron chi connectivity index (χ0n) is 5.90. The Labute approximate surface area is 68.5 Å². The number of ether oxygens (including phenoxy) is 1. The zero-order chi connectivity index (χ0) is 10.7. The molecule has 0 radical (unpaired) electrons. The highest BCUT2D eigenvalue weighted by Gasteiger charge is 2.61. The lowest BCUT2D eigenvalue weighted by molar-refractivity contribution is -0.375. The standard InChI is InChI=1S/C5H3F5O3/c6-4(7,8)5(9,10)13-3(12)1-2-11/h2H,1H2. The summed E-state index contributed by atoms with van der Waals surface area (Å²) in [5.74, 6) is -1.93. The Bertz CT molecular complexity index is 209. The van der Waals surface area contributed by atoms with Crippen LogP contribution in [0.15, 0.2) is 0 Å². The van der Waals surface area contributed by atoms with E-state index in [4.69, 9.17) is 0 Å². The molecular weight excluding hydrogens is 203 g/mol. The molecule has 0 bridgehead atoms. The minimum atomic E-state index is -5.97. The molecule has 0 saturated heterocycles. The van der Waals surface area contributed by atoms with Crippen molar-refractivity contribution in [1.82, 2.24) is 0 Å². The maximum Gasteiger partial charge on any atom is 0.501 e. The molecule has 0 aliphatic rings. The number of hydrogen-bond donors (Lipinski definition) is 0. The number of halogens is 5. The number of carbonyl (C=O) groups is 2. The van der Waals surface area contributed by atoms with E-state index in [0.29, 0.717) is 0 Å². The molecule has 8 heteroatoms. The summed E-state index contributed by atoms with van der Waals surface area (Å²) in [6.07, 6.45) is -12.8. The third kappa shape index (κ3) is 3.34. The van der Waals surface area contributed by atoms with Crippen molar-refractivity contribution >= 4 is 12.3 Å². The fourth-order valence-electron chi connectivity index (χ4n) is 0.311. The molecule has 76 valence electrons. The fourth-order valence-corrected chi connectivity index (χ4v) is 0.311. The lowest BCUT2D eigenvalue weighted by atomic mass is 10.5. The van der Waals surface area contributed by atoms with Crippen LogP contribution in [-0.2, 0) is 14.3 Å². The molecule has 0 N–H and O–H groups in total. The van der Waals surface area contributed by atoms with Gasteiger partial charge in [-0.3, -0.25) is 4.79 Å². The first-order chi connectivity index (χ1) is 5.70. The largest absolute Gasteiger partial charge is 0.501 e. The Kier molecular flexibility index (Phi) is 3.33. The summed E-state index contributed by atoms with van der Waals surface area (Å²) < 4.78 is 60.3. The molecule has 0 heterocycles. The van der Waals surface area contributed by atoms with E-state index in [1.807, 2.05) is 0 Å². The Morgan fingerprint density at radius 2 is 1.69 bits per heavy atom. The van der Waals surface area contributed by atoms with Gasteiger partial charge >= 0.3 is 18.3 Å². The van der Waals surface area contributed by atoms with Gasteiger partial charge in [0, 0.05) is 0 Å². The molecule has 0 rings (SSSR count). The van der Waals surface area contributed by atoms with E-state index < -0.39 is 24.7 Å². The van der Waals surface area contributed by atoms with Crippen LogP contribution in [0.4, 0.5) is 22.0 Å². The van der Waals surface area contributed by atoms with E-state index in [0.717, 1.165) is 0 Å². The molecule has 0 unspecified atom stereocenters. The van der Waals surface area contributed by atoms with Gasteiger partial charge in [-0.1, -0.05) is 0 Å². The Balaban J connectivity index is 4.33. The van der Waals surface area contributed by atoms with Crippen molar-refractivity contribution in [3.63, 3.8) is 0 Å². The molecular formula is C5H3F5O3. The van der Waals surface area contributed by atoms with Crippen molar-refractivity contribution in [2.45, 2.75) is 18.7 Å². The Morgan fingerprint density at radius 1 is 1.23 bits per heavy atom. The summed E-state index contributed by atoms with van der Waals surface area (Å²) in [6.45, 7) is 0. The zero-order valence-corrected chi connectivity index (χ0v) is 5.90. The maximum absolute atomic E-state index is 11.8. The summed E-state index contributed by atoms with van der Waals surface area (Å²) in [4.78, 5) is 19.6. The third-order valence-electron chi connectivity index (χ3n) is 0.822. The van der Waals surface area contributed by atoms with Gasteiger partial charge in [0.2, 0.25) is 0 Å². The summed E-state index contributed by atoms with van der Waals surface area (Å²) in [7, 11) is 0. The first kappa shape index (κ1) is 11.8. The first-order valence-corrected chi connectivity index (χ1v) is 2.80. The van der Waals surface area contributed by atoms with Crippen LogP contribution in [0.1, 0.15) is 6.42 Å². The van der Waals surface area contributed by atoms with E-state index in [1.54, 1.807) is 0 Å². The molecule has 0 atom stereocenters. The third-order valence-corrected chi connectivity index (χ3v) is 0.822. The average Bonchev–Trinajstić information content (AvgIpc) is 1.83. The van der Waals surface area contributed by atoms with Crippen molar-refractivity contribution in [2.24, 2.45) is 0 Å². The molecule has 0 fully saturated rings. The van der Waals surface area contributed by atoms with E-state index in [1.165, 1.54) is 0 Å². The molecule has 0 amide bonds. The van der Waals surface area contributed by atoms with Gasteiger partial charge in [-0.15, -0.1) is 0 Å². The summed E-state index contributed by atoms with van der Waals surface area (Å²) in [6, 6.07) is 0. The summed E-state index contributed by atoms with van der Waals surface area (Å²) >= 11 is 0. The Morgan fingerprint density at radius 3 is 2.00 bits per heavy atom. The van der Waals surface area contributed by atoms with E-state index >= 15 is 0 Å². The van der Waals surface area contributed by atoms with Gasteiger partial charge in [-0.2, -0.15) is 22.0 Å². The van der Waals surface area contributed by atoms with Gasteiger partial charge in [0.15, 0.2) is 0 Å². The van der Waals surface area contributed by atoms with Gasteiger partial charge in [0.1, 0.15) is 12.7 Å². The van der Waals surface area contributed by atoms with Crippen LogP contribution >= 0.6 is 0 Å². The smallest absolute Gasteiger partial charge is 0.394 e. The molecule has 3 nitrogen and oxygen atoms in total. The SMILES string of the molecule is O=CCC(=O)OC(F)(F)C(F)(F)F. The highest BCUT2D eigenvalue weighted by Crippen LogP contribution is 2.36. The van der Waals surface area contributed by atoms with Crippen LogP contribution < -0.4 is 0 Å². The van der Waals surface area contributed by atoms with Crippen LogP contribution in [0.5, 0.6) is 0 Å². The second kappa shape index (κ2) is 3.67. The fraction of sp³-hybridized carbons (Fsp3) is 0.600. The number of aldehydes is 1. The topological polar surface area (TPSA) is 43.4 Å². The molecule has 0 aliphatic heterocycles. The molecule has 0 saturated carbocycles. The number of hydrogen-bond acceptors (Lipinski definition) is 3. The summed E-state index contributed by atoms with van der Waals surface area (Å²) in [5, 5.41) is 0. The highest BCUT2D eigenvalue weighted by atomic mass is 19.4. The Hall–Kier alpha value is -1.21. The number of carbonyl (C=O) groups excluding carboxylic acids is 2. The minimum absolute atomic E-state index is 0.144. The van der Waals surface area contributed by atoms with Crippen LogP contribution in [0.3, 0.4) is 0 Å². The molecule has 0 aliphatic carbocycles. The number of esters is 1. The predicted octanol–water partition coefficient (Wildman–Crippen LogP) is 1.27. The highest BCUT2D eigenvalue weighted by molar-refractivity contribution is 5.83. The van der Waals surface area contributed by atoms with Gasteiger partial charge in [0.05, 0.1) is 0 Å². The van der Waals surface area contributed by atoms with Crippen molar-refractivity contribution in [3.8, 4) is 0 Å². The first-order valence-electron chi connectivity index (χ1n) is 2.80. The molecule has 0 aromatic heterocycles. The van der Waals surface area contributed by atoms with E-state index in [-0.39, 0.29) is 6.29 Å². The van der Waals surface area contributed by atoms with Gasteiger partial charge in [-0.05, 0) is 0 Å².